The van der Waals surface area contributed by atoms with Crippen molar-refractivity contribution in [2.75, 3.05) is 87.5 Å². The van der Waals surface area contributed by atoms with Crippen molar-refractivity contribution in [3.8, 4) is 17.4 Å². The molecule has 75 heavy (non-hydrogen) atoms. The van der Waals surface area contributed by atoms with Crippen LogP contribution in [0.4, 0.5) is 28.4 Å². The topological polar surface area (TPSA) is 215 Å². The molecule has 2 aromatic heterocycles. The molecule has 3 N–H and O–H groups in total. The number of hydrogen-bond donors (Lipinski definition) is 3. The van der Waals surface area contributed by atoms with Gasteiger partial charge in [0.15, 0.2) is 11.4 Å². The van der Waals surface area contributed by atoms with Crippen LogP contribution in [0.15, 0.2) is 77.8 Å². The van der Waals surface area contributed by atoms with Gasteiger partial charge in [-0.15, -0.1) is 0 Å². The molecule has 2 bridgehead atoms. The van der Waals surface area contributed by atoms with E-state index in [1.54, 1.807) is 12.3 Å². The number of pyridine rings is 1. The van der Waals surface area contributed by atoms with Gasteiger partial charge in [0.05, 0.1) is 77.8 Å². The van der Waals surface area contributed by atoms with Crippen LogP contribution in [0.2, 0.25) is 0 Å². The molecule has 6 fully saturated rings. The van der Waals surface area contributed by atoms with E-state index in [0.29, 0.717) is 74.9 Å². The number of aromatic nitrogens is 2. The maximum absolute atomic E-state index is 14.9. The van der Waals surface area contributed by atoms with Gasteiger partial charge in [-0.3, -0.25) is 24.7 Å². The van der Waals surface area contributed by atoms with Gasteiger partial charge in [-0.1, -0.05) is 18.2 Å². The molecule has 1 aliphatic carbocycles. The highest BCUT2D eigenvalue weighted by Gasteiger charge is 2.50. The van der Waals surface area contributed by atoms with Crippen LogP contribution in [0.1, 0.15) is 74.3 Å². The van der Waals surface area contributed by atoms with Crippen LogP contribution < -0.4 is 34.0 Å². The van der Waals surface area contributed by atoms with Gasteiger partial charge in [0.25, 0.3) is 21.6 Å². The third kappa shape index (κ3) is 8.97. The standard InChI is InChI=1S/C54H63N9O11S/c1-32(2)73-47-6-4-3-5-40(47)46-30-70-18-16-61(46)37-24-54(25-37)11-14-59(15-12-54)35-7-8-41(43(21-35)62-42-10-17-69-31-49(42)74-53-45(62)19-33-9-13-55-51(33)57-53)52(64)58-75(67,68)39-22-44(63(65)66)50-48(23-39)72-28-34(56-50)26-60-27-38-20-36(60)29-71-38/h3-9,13,19,21-23,32,34,36-38,42,46,49,56H,10-12,14-18,20,24-31H2,1-2H3,(H,55,57)(H,58,64)/t34-,36+,38+,42+,46+,49+/m1/s1. The van der Waals surface area contributed by atoms with E-state index < -0.39 is 37.5 Å². The Labute approximate surface area is 435 Å². The minimum Gasteiger partial charge on any atom is -0.491 e. The van der Waals surface area contributed by atoms with Gasteiger partial charge >= 0.3 is 0 Å². The first-order valence-electron chi connectivity index (χ1n) is 26.5. The van der Waals surface area contributed by atoms with Gasteiger partial charge < -0.3 is 48.5 Å². The molecular formula is C54H63N9O11S. The fraction of sp³-hybridized carbons (Fsp3) is 0.519. The predicted molar refractivity (Wildman–Crippen MR) is 278 cm³/mol. The first-order chi connectivity index (χ1) is 36.3. The Balaban J connectivity index is 0.780. The van der Waals surface area contributed by atoms with E-state index in [2.05, 4.69) is 66.7 Å². The number of nitro groups is 1. The summed E-state index contributed by atoms with van der Waals surface area (Å²) in [6.07, 6.45) is 7.34. The van der Waals surface area contributed by atoms with Crippen molar-refractivity contribution in [1.29, 1.82) is 0 Å². The Kier molecular flexibility index (Phi) is 12.3. The quantitative estimate of drug-likeness (QED) is 0.0894. The number of nitrogens with one attached hydrogen (secondary N) is 3. The van der Waals surface area contributed by atoms with Gasteiger partial charge in [0.1, 0.15) is 29.8 Å². The Morgan fingerprint density at radius 1 is 0.973 bits per heavy atom. The second kappa shape index (κ2) is 19.1. The summed E-state index contributed by atoms with van der Waals surface area (Å²) in [6, 6.07) is 20.3. The molecule has 1 spiro atoms. The molecule has 0 unspecified atom stereocenters. The monoisotopic (exact) mass is 1050 g/mol. The van der Waals surface area contributed by atoms with E-state index in [4.69, 9.17) is 33.4 Å². The summed E-state index contributed by atoms with van der Waals surface area (Å²) in [6.45, 7) is 10.9. The van der Waals surface area contributed by atoms with Crippen molar-refractivity contribution in [2.45, 2.75) is 106 Å². The average molecular weight is 1050 g/mol. The number of para-hydroxylation sites is 1. The summed E-state index contributed by atoms with van der Waals surface area (Å²) >= 11 is 0. The second-order valence-corrected chi connectivity index (χ2v) is 23.6. The zero-order valence-corrected chi connectivity index (χ0v) is 43.0. The lowest BCUT2D eigenvalue weighted by Crippen LogP contribution is -2.57. The number of H-pyrrole nitrogens is 1. The first kappa shape index (κ1) is 48.4. The molecule has 8 aliphatic rings. The largest absolute Gasteiger partial charge is 0.491 e. The van der Waals surface area contributed by atoms with Crippen molar-refractivity contribution >= 4 is 55.4 Å². The number of fused-ring (bicyclic) bond motifs is 6. The molecule has 396 valence electrons. The van der Waals surface area contributed by atoms with Gasteiger partial charge in [0, 0.05) is 86.4 Å². The minimum absolute atomic E-state index is 0.0210. The van der Waals surface area contributed by atoms with Crippen LogP contribution in [0.25, 0.3) is 11.0 Å². The number of carbonyl (C=O) groups is 1. The SMILES string of the molecule is CC(C)Oc1ccccc1[C@@H]1COCCN1C1CC2(CCN(c3ccc(C(=O)NS(=O)(=O)c4cc5c(c([N+](=O)[O-])c4)N[C@H](CN4C[C@@H]6C[C@H]4CO6)CO5)c(N4c5cc6cc[nH]c6nc5O[C@H]5COCC[C@@H]54)c3)CC2)C1. The van der Waals surface area contributed by atoms with E-state index in [1.807, 2.05) is 30.3 Å². The molecule has 21 heteroatoms. The van der Waals surface area contributed by atoms with E-state index in [0.717, 1.165) is 81.2 Å². The number of morpholine rings is 2. The minimum atomic E-state index is -4.71. The van der Waals surface area contributed by atoms with Crippen LogP contribution in [-0.4, -0.2) is 154 Å². The number of sulfonamides is 1. The fourth-order valence-electron chi connectivity index (χ4n) is 13.2. The summed E-state index contributed by atoms with van der Waals surface area (Å²) in [7, 11) is -4.71. The highest BCUT2D eigenvalue weighted by Crippen LogP contribution is 2.54. The summed E-state index contributed by atoms with van der Waals surface area (Å²) in [5.41, 5.74) is 3.76. The lowest BCUT2D eigenvalue weighted by molar-refractivity contribution is -0.384. The molecule has 9 heterocycles. The second-order valence-electron chi connectivity index (χ2n) is 21.9. The van der Waals surface area contributed by atoms with Crippen molar-refractivity contribution in [3.05, 3.63) is 94.2 Å². The molecule has 0 radical (unpaired) electrons. The number of nitrogens with zero attached hydrogens (tertiary/aromatic N) is 6. The number of nitro benzene ring substituents is 1. The Bertz CT molecular complexity index is 3140. The summed E-state index contributed by atoms with van der Waals surface area (Å²) in [5, 5.41) is 16.7. The predicted octanol–water partition coefficient (Wildman–Crippen LogP) is 6.53. The van der Waals surface area contributed by atoms with Crippen LogP contribution in [0, 0.1) is 15.5 Å². The molecule has 1 amide bonds. The van der Waals surface area contributed by atoms with Crippen LogP contribution in [-0.2, 0) is 24.2 Å². The molecule has 6 atom stereocenters. The normalized spacial score (nSPS) is 26.4. The van der Waals surface area contributed by atoms with E-state index in [1.165, 1.54) is 11.6 Å². The Morgan fingerprint density at radius 2 is 1.81 bits per heavy atom. The first-order valence-corrected chi connectivity index (χ1v) is 28.0. The maximum Gasteiger partial charge on any atom is 0.297 e. The number of likely N-dealkylation sites (tertiary alicyclic amines) is 1. The van der Waals surface area contributed by atoms with Gasteiger partial charge in [-0.2, -0.15) is 4.98 Å². The van der Waals surface area contributed by atoms with Gasteiger partial charge in [-0.25, -0.2) is 13.1 Å². The van der Waals surface area contributed by atoms with Gasteiger partial charge in [0.2, 0.25) is 5.88 Å². The third-order valence-corrected chi connectivity index (χ3v) is 18.3. The zero-order chi connectivity index (χ0) is 51.2. The lowest BCUT2D eigenvalue weighted by Gasteiger charge is -2.57. The molecule has 13 rings (SSSR count). The van der Waals surface area contributed by atoms with E-state index in [-0.39, 0.29) is 65.4 Å². The number of aromatic amines is 1. The van der Waals surface area contributed by atoms with Crippen LogP contribution >= 0.6 is 0 Å². The molecular weight excluding hydrogens is 983 g/mol. The Morgan fingerprint density at radius 3 is 2.61 bits per heavy atom. The van der Waals surface area contributed by atoms with Crippen molar-refractivity contribution in [2.24, 2.45) is 5.41 Å². The van der Waals surface area contributed by atoms with Crippen molar-refractivity contribution in [3.63, 3.8) is 0 Å². The number of piperidine rings is 1. The molecule has 1 saturated carbocycles. The molecule has 7 aliphatic heterocycles. The number of hydrogen-bond acceptors (Lipinski definition) is 17. The smallest absolute Gasteiger partial charge is 0.297 e. The Hall–Kier alpha value is -6.23. The summed E-state index contributed by atoms with van der Waals surface area (Å²) < 4.78 is 67.7. The molecule has 5 aromatic rings. The van der Waals surface area contributed by atoms with Crippen molar-refractivity contribution < 1.29 is 46.6 Å². The highest BCUT2D eigenvalue weighted by molar-refractivity contribution is 7.90. The average Bonchev–Trinajstić information content (AvgIpc) is 4.17. The molecule has 20 nitrogen and oxygen atoms in total. The summed E-state index contributed by atoms with van der Waals surface area (Å²) in [5.74, 6) is 0.398. The fourth-order valence-corrected chi connectivity index (χ4v) is 14.2. The van der Waals surface area contributed by atoms with Gasteiger partial charge in [-0.05, 0) is 94.2 Å². The third-order valence-electron chi connectivity index (χ3n) is 16.9. The number of ether oxygens (including phenoxy) is 6. The highest BCUT2D eigenvalue weighted by atomic mass is 32.2. The molecule has 5 saturated heterocycles. The number of benzene rings is 3. The summed E-state index contributed by atoms with van der Waals surface area (Å²) in [4.78, 5) is 43.8. The lowest BCUT2D eigenvalue weighted by atomic mass is 9.59. The number of rotatable bonds is 12. The maximum atomic E-state index is 14.9. The van der Waals surface area contributed by atoms with Crippen molar-refractivity contribution in [1.82, 2.24) is 24.5 Å². The van der Waals surface area contributed by atoms with E-state index in [9.17, 15) is 23.3 Å². The zero-order valence-electron chi connectivity index (χ0n) is 42.2. The number of carbonyl (C=O) groups excluding carboxylic acids is 1. The van der Waals surface area contributed by atoms with E-state index >= 15 is 0 Å². The van der Waals surface area contributed by atoms with Crippen LogP contribution in [0.3, 0.4) is 0 Å². The van der Waals surface area contributed by atoms with Crippen LogP contribution in [0.5, 0.6) is 17.4 Å². The number of amides is 1. The molecule has 3 aromatic carbocycles. The number of anilines is 4.